The average molecular weight is 418 g/mol. The van der Waals surface area contributed by atoms with E-state index in [1.54, 1.807) is 60.4 Å². The Balaban J connectivity index is 2.25. The maximum atomic E-state index is 12.7. The lowest BCUT2D eigenvalue weighted by molar-refractivity contribution is 0.0774. The molecule has 2 aromatic rings. The molecule has 0 saturated carbocycles. The lowest BCUT2D eigenvalue weighted by Crippen LogP contribution is -2.31. The second-order valence-corrected chi connectivity index (χ2v) is 8.36. The molecule has 2 amide bonds. The number of nitrogens with zero attached hydrogens (tertiary/aromatic N) is 2. The fraction of sp³-hybridized carbons (Fsp3) is 0.333. The smallest absolute Gasteiger partial charge is 0.255 e. The van der Waals surface area contributed by atoms with Crippen LogP contribution in [0.1, 0.15) is 41.5 Å². The van der Waals surface area contributed by atoms with E-state index in [9.17, 15) is 18.0 Å². The van der Waals surface area contributed by atoms with Gasteiger partial charge in [0.15, 0.2) is 0 Å². The van der Waals surface area contributed by atoms with Crippen molar-refractivity contribution in [1.29, 1.82) is 0 Å². The number of hydrogen-bond acceptors (Lipinski definition) is 4. The van der Waals surface area contributed by atoms with E-state index < -0.39 is 10.0 Å². The highest BCUT2D eigenvalue weighted by Crippen LogP contribution is 2.21. The maximum absolute atomic E-state index is 12.7. The van der Waals surface area contributed by atoms with Crippen LogP contribution in [-0.2, 0) is 10.0 Å². The number of amides is 2. The minimum atomic E-state index is -3.39. The lowest BCUT2D eigenvalue weighted by atomic mass is 10.1. The molecule has 0 bridgehead atoms. The van der Waals surface area contributed by atoms with Crippen LogP contribution in [0.3, 0.4) is 0 Å². The molecular weight excluding hydrogens is 390 g/mol. The molecule has 2 aromatic carbocycles. The Labute approximate surface area is 172 Å². The van der Waals surface area contributed by atoms with Crippen molar-refractivity contribution in [3.63, 3.8) is 0 Å². The number of benzene rings is 2. The standard InChI is InChI=1S/C21H27N3O4S/c1-5-23(6-2)21(26)18-10-8-9-11-19(18)22-20(25)16-12-14-17(15-13-16)24(7-3)29(4,27)28/h8-15H,5-7H2,1-4H3,(H,22,25). The van der Waals surface area contributed by atoms with Crippen LogP contribution in [0, 0.1) is 0 Å². The Kier molecular flexibility index (Phi) is 7.39. The molecule has 1 N–H and O–H groups in total. The highest BCUT2D eigenvalue weighted by Gasteiger charge is 2.19. The molecule has 0 aliphatic heterocycles. The quantitative estimate of drug-likeness (QED) is 0.715. The molecule has 7 nitrogen and oxygen atoms in total. The predicted octanol–water partition coefficient (Wildman–Crippen LogP) is 3.21. The van der Waals surface area contributed by atoms with Crippen molar-refractivity contribution in [3.8, 4) is 0 Å². The molecule has 0 aliphatic carbocycles. The lowest BCUT2D eigenvalue weighted by Gasteiger charge is -2.21. The van der Waals surface area contributed by atoms with Gasteiger partial charge in [-0.2, -0.15) is 0 Å². The number of para-hydroxylation sites is 1. The fourth-order valence-corrected chi connectivity index (χ4v) is 4.02. The maximum Gasteiger partial charge on any atom is 0.255 e. The predicted molar refractivity (Wildman–Crippen MR) is 116 cm³/mol. The van der Waals surface area contributed by atoms with Gasteiger partial charge in [-0.05, 0) is 57.2 Å². The Bertz CT molecular complexity index is 968. The summed E-state index contributed by atoms with van der Waals surface area (Å²) in [7, 11) is -3.39. The zero-order chi connectivity index (χ0) is 21.6. The summed E-state index contributed by atoms with van der Waals surface area (Å²) >= 11 is 0. The van der Waals surface area contributed by atoms with Gasteiger partial charge in [0, 0.05) is 25.2 Å². The van der Waals surface area contributed by atoms with E-state index in [4.69, 9.17) is 0 Å². The second-order valence-electron chi connectivity index (χ2n) is 6.45. The van der Waals surface area contributed by atoms with Gasteiger partial charge in [-0.1, -0.05) is 12.1 Å². The van der Waals surface area contributed by atoms with E-state index in [0.717, 1.165) is 6.26 Å². The van der Waals surface area contributed by atoms with Crippen molar-refractivity contribution in [1.82, 2.24) is 4.90 Å². The first-order valence-electron chi connectivity index (χ1n) is 9.50. The first-order chi connectivity index (χ1) is 13.7. The van der Waals surface area contributed by atoms with Crippen molar-refractivity contribution in [2.24, 2.45) is 0 Å². The number of carbonyl (C=O) groups excluding carboxylic acids is 2. The van der Waals surface area contributed by atoms with E-state index in [1.807, 2.05) is 13.8 Å². The second kappa shape index (κ2) is 9.56. The SMILES string of the molecule is CCN(CC)C(=O)c1ccccc1NC(=O)c1ccc(N(CC)S(C)(=O)=O)cc1. The van der Waals surface area contributed by atoms with Crippen molar-refractivity contribution in [2.75, 3.05) is 35.5 Å². The van der Waals surface area contributed by atoms with Crippen LogP contribution >= 0.6 is 0 Å². The molecule has 0 unspecified atom stereocenters. The topological polar surface area (TPSA) is 86.8 Å². The zero-order valence-electron chi connectivity index (χ0n) is 17.2. The summed E-state index contributed by atoms with van der Waals surface area (Å²) in [6.45, 7) is 7.00. The third-order valence-corrected chi connectivity index (χ3v) is 5.83. The molecule has 8 heteroatoms. The van der Waals surface area contributed by atoms with Crippen LogP contribution in [0.4, 0.5) is 11.4 Å². The van der Waals surface area contributed by atoms with Gasteiger partial charge in [0.25, 0.3) is 11.8 Å². The van der Waals surface area contributed by atoms with Gasteiger partial charge >= 0.3 is 0 Å². The largest absolute Gasteiger partial charge is 0.339 e. The van der Waals surface area contributed by atoms with Crippen LogP contribution in [0.5, 0.6) is 0 Å². The molecule has 29 heavy (non-hydrogen) atoms. The van der Waals surface area contributed by atoms with Crippen LogP contribution in [-0.4, -0.2) is 51.0 Å². The first-order valence-corrected chi connectivity index (χ1v) is 11.3. The molecular formula is C21H27N3O4S. The Morgan fingerprint density at radius 1 is 0.897 bits per heavy atom. The number of hydrogen-bond donors (Lipinski definition) is 1. The summed E-state index contributed by atoms with van der Waals surface area (Å²) in [5, 5.41) is 2.79. The van der Waals surface area contributed by atoms with Crippen molar-refractivity contribution in [2.45, 2.75) is 20.8 Å². The summed E-state index contributed by atoms with van der Waals surface area (Å²) in [6, 6.07) is 13.2. The summed E-state index contributed by atoms with van der Waals surface area (Å²) in [5.41, 5.74) is 1.72. The Hall–Kier alpha value is -2.87. The molecule has 0 heterocycles. The summed E-state index contributed by atoms with van der Waals surface area (Å²) in [6.07, 6.45) is 1.14. The van der Waals surface area contributed by atoms with Crippen LogP contribution < -0.4 is 9.62 Å². The van der Waals surface area contributed by atoms with Gasteiger partial charge in [-0.3, -0.25) is 13.9 Å². The van der Waals surface area contributed by atoms with E-state index in [-0.39, 0.29) is 11.8 Å². The fourth-order valence-electron chi connectivity index (χ4n) is 3.04. The van der Waals surface area contributed by atoms with Crippen LogP contribution in [0.2, 0.25) is 0 Å². The minimum absolute atomic E-state index is 0.145. The molecule has 0 aromatic heterocycles. The van der Waals surface area contributed by atoms with Crippen LogP contribution in [0.25, 0.3) is 0 Å². The van der Waals surface area contributed by atoms with E-state index in [0.29, 0.717) is 42.1 Å². The average Bonchev–Trinajstić information content (AvgIpc) is 2.69. The normalized spacial score (nSPS) is 11.0. The first kappa shape index (κ1) is 22.4. The zero-order valence-corrected chi connectivity index (χ0v) is 18.0. The van der Waals surface area contributed by atoms with Gasteiger partial charge in [0.05, 0.1) is 23.2 Å². The van der Waals surface area contributed by atoms with Gasteiger partial charge in [-0.15, -0.1) is 0 Å². The summed E-state index contributed by atoms with van der Waals surface area (Å²) < 4.78 is 24.9. The van der Waals surface area contributed by atoms with E-state index in [2.05, 4.69) is 5.32 Å². The minimum Gasteiger partial charge on any atom is -0.339 e. The van der Waals surface area contributed by atoms with E-state index in [1.165, 1.54) is 4.31 Å². The molecule has 0 fully saturated rings. The molecule has 156 valence electrons. The molecule has 0 atom stereocenters. The van der Waals surface area contributed by atoms with Crippen molar-refractivity contribution in [3.05, 3.63) is 59.7 Å². The summed E-state index contributed by atoms with van der Waals surface area (Å²) in [4.78, 5) is 27.1. The van der Waals surface area contributed by atoms with Gasteiger partial charge in [-0.25, -0.2) is 8.42 Å². The molecule has 2 rings (SSSR count). The van der Waals surface area contributed by atoms with Gasteiger partial charge < -0.3 is 10.2 Å². The number of anilines is 2. The molecule has 0 saturated heterocycles. The highest BCUT2D eigenvalue weighted by atomic mass is 32.2. The third-order valence-electron chi connectivity index (χ3n) is 4.56. The number of nitrogens with one attached hydrogen (secondary N) is 1. The summed E-state index contributed by atoms with van der Waals surface area (Å²) in [5.74, 6) is -0.522. The van der Waals surface area contributed by atoms with Crippen LogP contribution in [0.15, 0.2) is 48.5 Å². The van der Waals surface area contributed by atoms with Gasteiger partial charge in [0.1, 0.15) is 0 Å². The van der Waals surface area contributed by atoms with E-state index >= 15 is 0 Å². The van der Waals surface area contributed by atoms with Crippen molar-refractivity contribution >= 4 is 33.2 Å². The Morgan fingerprint density at radius 2 is 1.48 bits per heavy atom. The van der Waals surface area contributed by atoms with Crippen molar-refractivity contribution < 1.29 is 18.0 Å². The Morgan fingerprint density at radius 3 is 2.00 bits per heavy atom. The van der Waals surface area contributed by atoms with Gasteiger partial charge in [0.2, 0.25) is 10.0 Å². The number of carbonyl (C=O) groups is 2. The molecule has 0 spiro atoms. The molecule has 0 aliphatic rings. The highest BCUT2D eigenvalue weighted by molar-refractivity contribution is 7.92. The number of sulfonamides is 1. The third kappa shape index (κ3) is 5.35. The monoisotopic (exact) mass is 417 g/mol. The molecule has 0 radical (unpaired) electrons. The number of rotatable bonds is 8.